The highest BCUT2D eigenvalue weighted by Crippen LogP contribution is 2.17. The van der Waals surface area contributed by atoms with Crippen LogP contribution in [-0.2, 0) is 13.1 Å². The minimum atomic E-state index is 0.611. The minimum absolute atomic E-state index is 0.611. The van der Waals surface area contributed by atoms with Gasteiger partial charge in [0.25, 0.3) is 0 Å². The predicted molar refractivity (Wildman–Crippen MR) is 85.6 cm³/mol. The largest absolute Gasteiger partial charge is 0.338 e. The highest BCUT2D eigenvalue weighted by atomic mass is 16.5. The van der Waals surface area contributed by atoms with Gasteiger partial charge in [0.1, 0.15) is 12.2 Å². The van der Waals surface area contributed by atoms with Crippen molar-refractivity contribution >= 4 is 0 Å². The molecule has 3 aromatic rings. The summed E-state index contributed by atoms with van der Waals surface area (Å²) in [7, 11) is 2.02. The third kappa shape index (κ3) is 3.81. The molecular formula is C16H20N6O. The first-order chi connectivity index (χ1) is 11.1. The van der Waals surface area contributed by atoms with Gasteiger partial charge in [0.15, 0.2) is 0 Å². The lowest BCUT2D eigenvalue weighted by Crippen LogP contribution is -2.23. The van der Waals surface area contributed by atoms with Crippen LogP contribution in [0, 0.1) is 13.8 Å². The number of nitrogens with zero attached hydrogens (tertiary/aromatic N) is 6. The van der Waals surface area contributed by atoms with Crippen LogP contribution in [0.2, 0.25) is 0 Å². The SMILES string of the molecule is Cc1cccc(-c2noc(CN(C)CCn3cnnc3C)n2)c1. The van der Waals surface area contributed by atoms with E-state index in [1.807, 2.05) is 49.7 Å². The standard InChI is InChI=1S/C16H20N6O/c1-12-5-4-6-14(9-12)16-18-15(23-20-16)10-21(3)7-8-22-11-17-19-13(22)2/h4-6,9,11H,7-8,10H2,1-3H3. The van der Waals surface area contributed by atoms with Crippen molar-refractivity contribution in [3.63, 3.8) is 0 Å². The van der Waals surface area contributed by atoms with Crippen molar-refractivity contribution in [2.24, 2.45) is 0 Å². The first-order valence-corrected chi connectivity index (χ1v) is 7.54. The molecule has 3 rings (SSSR count). The average molecular weight is 312 g/mol. The van der Waals surface area contributed by atoms with E-state index in [0.29, 0.717) is 18.3 Å². The number of likely N-dealkylation sites (N-methyl/N-ethyl adjacent to an activating group) is 1. The van der Waals surface area contributed by atoms with Gasteiger partial charge in [-0.15, -0.1) is 10.2 Å². The van der Waals surface area contributed by atoms with Crippen molar-refractivity contribution < 1.29 is 4.52 Å². The van der Waals surface area contributed by atoms with Crippen molar-refractivity contribution in [1.82, 2.24) is 29.8 Å². The van der Waals surface area contributed by atoms with E-state index in [2.05, 4.69) is 25.2 Å². The van der Waals surface area contributed by atoms with Gasteiger partial charge in [0.05, 0.1) is 6.54 Å². The van der Waals surface area contributed by atoms with Crippen LogP contribution in [0.25, 0.3) is 11.4 Å². The molecule has 7 nitrogen and oxygen atoms in total. The molecule has 120 valence electrons. The van der Waals surface area contributed by atoms with Gasteiger partial charge in [-0.1, -0.05) is 28.9 Å². The molecule has 2 heterocycles. The van der Waals surface area contributed by atoms with E-state index in [1.54, 1.807) is 6.33 Å². The molecule has 0 radical (unpaired) electrons. The van der Waals surface area contributed by atoms with E-state index in [1.165, 1.54) is 5.56 Å². The van der Waals surface area contributed by atoms with Crippen LogP contribution in [0.1, 0.15) is 17.3 Å². The molecule has 0 saturated heterocycles. The summed E-state index contributed by atoms with van der Waals surface area (Å²) in [6.07, 6.45) is 1.74. The van der Waals surface area contributed by atoms with Gasteiger partial charge < -0.3 is 9.09 Å². The van der Waals surface area contributed by atoms with Crippen LogP contribution >= 0.6 is 0 Å². The van der Waals surface area contributed by atoms with E-state index < -0.39 is 0 Å². The molecule has 2 aromatic heterocycles. The molecule has 1 aromatic carbocycles. The fraction of sp³-hybridized carbons (Fsp3) is 0.375. The van der Waals surface area contributed by atoms with Gasteiger partial charge in [-0.2, -0.15) is 4.98 Å². The van der Waals surface area contributed by atoms with Gasteiger partial charge in [0.2, 0.25) is 11.7 Å². The van der Waals surface area contributed by atoms with Gasteiger partial charge in [-0.3, -0.25) is 4.90 Å². The molecule has 0 aliphatic carbocycles. The van der Waals surface area contributed by atoms with Crippen molar-refractivity contribution in [1.29, 1.82) is 0 Å². The molecule has 23 heavy (non-hydrogen) atoms. The molecule has 0 aliphatic rings. The number of aromatic nitrogens is 5. The zero-order valence-electron chi connectivity index (χ0n) is 13.6. The first-order valence-electron chi connectivity index (χ1n) is 7.54. The maximum absolute atomic E-state index is 5.36. The summed E-state index contributed by atoms with van der Waals surface area (Å²) in [4.78, 5) is 6.61. The van der Waals surface area contributed by atoms with Gasteiger partial charge in [-0.25, -0.2) is 0 Å². The zero-order valence-corrected chi connectivity index (χ0v) is 13.6. The Kier molecular flexibility index (Phi) is 4.47. The summed E-state index contributed by atoms with van der Waals surface area (Å²) in [6.45, 7) is 6.28. The van der Waals surface area contributed by atoms with Gasteiger partial charge >= 0.3 is 0 Å². The molecule has 0 N–H and O–H groups in total. The third-order valence-electron chi connectivity index (χ3n) is 3.68. The van der Waals surface area contributed by atoms with E-state index in [4.69, 9.17) is 4.52 Å². The lowest BCUT2D eigenvalue weighted by atomic mass is 10.1. The zero-order chi connectivity index (χ0) is 16.2. The maximum Gasteiger partial charge on any atom is 0.241 e. The lowest BCUT2D eigenvalue weighted by Gasteiger charge is -2.14. The van der Waals surface area contributed by atoms with Crippen LogP contribution in [0.4, 0.5) is 0 Å². The quantitative estimate of drug-likeness (QED) is 0.694. The molecule has 0 spiro atoms. The maximum atomic E-state index is 5.36. The second kappa shape index (κ2) is 6.70. The molecular weight excluding hydrogens is 292 g/mol. The molecule has 0 atom stereocenters. The van der Waals surface area contributed by atoms with Crippen LogP contribution in [0.3, 0.4) is 0 Å². The summed E-state index contributed by atoms with van der Waals surface area (Å²) in [5.41, 5.74) is 2.15. The van der Waals surface area contributed by atoms with E-state index in [0.717, 1.165) is 24.5 Å². The van der Waals surface area contributed by atoms with E-state index in [9.17, 15) is 0 Å². The Morgan fingerprint density at radius 1 is 1.26 bits per heavy atom. The Hall–Kier alpha value is -2.54. The van der Waals surface area contributed by atoms with Crippen LogP contribution in [0.5, 0.6) is 0 Å². The fourth-order valence-corrected chi connectivity index (χ4v) is 2.34. The molecule has 0 bridgehead atoms. The second-order valence-corrected chi connectivity index (χ2v) is 5.69. The molecule has 0 amide bonds. The molecule has 0 saturated carbocycles. The van der Waals surface area contributed by atoms with Crippen molar-refractivity contribution in [3.05, 3.63) is 47.9 Å². The second-order valence-electron chi connectivity index (χ2n) is 5.69. The first kappa shape index (κ1) is 15.4. The Morgan fingerprint density at radius 3 is 2.87 bits per heavy atom. The Bertz CT molecular complexity index is 778. The molecule has 7 heteroatoms. The highest BCUT2D eigenvalue weighted by Gasteiger charge is 2.11. The van der Waals surface area contributed by atoms with Crippen LogP contribution in [-0.4, -0.2) is 43.4 Å². The minimum Gasteiger partial charge on any atom is -0.338 e. The van der Waals surface area contributed by atoms with Gasteiger partial charge in [-0.05, 0) is 27.0 Å². The summed E-state index contributed by atoms with van der Waals surface area (Å²) < 4.78 is 7.37. The van der Waals surface area contributed by atoms with Crippen LogP contribution < -0.4 is 0 Å². The summed E-state index contributed by atoms with van der Waals surface area (Å²) in [5, 5.41) is 11.9. The molecule has 0 unspecified atom stereocenters. The molecule has 0 fully saturated rings. The Labute approximate surface area is 135 Å². The van der Waals surface area contributed by atoms with E-state index in [-0.39, 0.29) is 0 Å². The highest BCUT2D eigenvalue weighted by molar-refractivity contribution is 5.55. The van der Waals surface area contributed by atoms with Crippen LogP contribution in [0.15, 0.2) is 35.1 Å². The monoisotopic (exact) mass is 312 g/mol. The predicted octanol–water partition coefficient (Wildman–Crippen LogP) is 2.08. The number of rotatable bonds is 6. The smallest absolute Gasteiger partial charge is 0.241 e. The number of hydrogen-bond acceptors (Lipinski definition) is 6. The van der Waals surface area contributed by atoms with Crippen molar-refractivity contribution in [2.45, 2.75) is 26.9 Å². The number of hydrogen-bond donors (Lipinski definition) is 0. The molecule has 0 aliphatic heterocycles. The van der Waals surface area contributed by atoms with Gasteiger partial charge in [0, 0.05) is 18.7 Å². The normalized spacial score (nSPS) is 11.3. The Morgan fingerprint density at radius 2 is 2.13 bits per heavy atom. The fourth-order valence-electron chi connectivity index (χ4n) is 2.34. The lowest BCUT2D eigenvalue weighted by molar-refractivity contribution is 0.258. The number of benzene rings is 1. The van der Waals surface area contributed by atoms with Crippen molar-refractivity contribution in [3.8, 4) is 11.4 Å². The Balaban J connectivity index is 1.59. The topological polar surface area (TPSA) is 72.9 Å². The average Bonchev–Trinajstić information content (AvgIpc) is 3.14. The summed E-state index contributed by atoms with van der Waals surface area (Å²) in [6, 6.07) is 8.08. The van der Waals surface area contributed by atoms with Crippen molar-refractivity contribution in [2.75, 3.05) is 13.6 Å². The number of aryl methyl sites for hydroxylation is 2. The van der Waals surface area contributed by atoms with E-state index >= 15 is 0 Å². The summed E-state index contributed by atoms with van der Waals surface area (Å²) in [5.74, 6) is 2.16. The summed E-state index contributed by atoms with van der Waals surface area (Å²) >= 11 is 0. The third-order valence-corrected chi connectivity index (χ3v) is 3.68.